The normalized spacial score (nSPS) is 14.3. The third-order valence-corrected chi connectivity index (χ3v) is 2.37. The van der Waals surface area contributed by atoms with Crippen molar-refractivity contribution in [2.24, 2.45) is 0 Å². The predicted molar refractivity (Wildman–Crippen MR) is 55.5 cm³/mol. The molecule has 7 heteroatoms. The first-order valence-corrected chi connectivity index (χ1v) is 4.63. The van der Waals surface area contributed by atoms with Gasteiger partial charge in [-0.05, 0) is 12.8 Å². The first-order valence-electron chi connectivity index (χ1n) is 4.63. The van der Waals surface area contributed by atoms with Crippen LogP contribution in [0.1, 0.15) is 32.1 Å². The van der Waals surface area contributed by atoms with Gasteiger partial charge in [0.1, 0.15) is 0 Å². The Morgan fingerprint density at radius 2 is 1.75 bits per heavy atom. The average Bonchev–Trinajstić information content (AvgIpc) is 2.16. The summed E-state index contributed by atoms with van der Waals surface area (Å²) in [6.45, 7) is 0.362. The van der Waals surface area contributed by atoms with Crippen molar-refractivity contribution in [2.45, 2.75) is 38.1 Å². The maximum atomic E-state index is 10.8. The average molecular weight is 435 g/mol. The van der Waals surface area contributed by atoms with Gasteiger partial charge in [-0.25, -0.2) is 0 Å². The van der Waals surface area contributed by atoms with Crippen molar-refractivity contribution >= 4 is 18.4 Å². The second-order valence-electron chi connectivity index (χ2n) is 3.29. The van der Waals surface area contributed by atoms with Gasteiger partial charge in [0.15, 0.2) is 0 Å². The van der Waals surface area contributed by atoms with E-state index < -0.39 is 0 Å². The number of hydrogen-bond donors (Lipinski definition) is 1. The maximum absolute atomic E-state index is 10.8. The number of carbonyl (C=O) groups excluding carboxylic acids is 1. The first-order chi connectivity index (χ1) is 5.83. The quantitative estimate of drug-likeness (QED) is 0.677. The molecule has 1 N–H and O–H groups in total. The van der Waals surface area contributed by atoms with Gasteiger partial charge in [0.2, 0.25) is 0 Å². The summed E-state index contributed by atoms with van der Waals surface area (Å²) in [5, 5.41) is 3.20. The van der Waals surface area contributed by atoms with Gasteiger partial charge in [-0.2, -0.15) is 0 Å². The van der Waals surface area contributed by atoms with E-state index in [1.165, 1.54) is 39.2 Å². The summed E-state index contributed by atoms with van der Waals surface area (Å²) in [5.41, 5.74) is 0. The molecule has 1 aliphatic rings. The van der Waals surface area contributed by atoms with E-state index in [9.17, 15) is 4.79 Å². The van der Waals surface area contributed by atoms with Crippen molar-refractivity contribution < 1.29 is 41.5 Å². The van der Waals surface area contributed by atoms with Crippen molar-refractivity contribution in [3.8, 4) is 0 Å². The number of nitrogens with one attached hydrogen (secondary N) is 1. The number of methoxy groups -OCH3 is 1. The zero-order valence-electron chi connectivity index (χ0n) is 9.18. The predicted octanol–water partition coefficient (Wildman–Crippen LogP) is 1.26. The van der Waals surface area contributed by atoms with E-state index in [0.29, 0.717) is 12.6 Å². The number of ether oxygens (including phenoxy) is 1. The SMILES string of the molecule is COC(=O)CNC1CCCCC1.Cl.[O-2].[O-2].[Pt+4]. The summed E-state index contributed by atoms with van der Waals surface area (Å²) in [6, 6.07) is 0.540. The number of esters is 1. The van der Waals surface area contributed by atoms with Crippen LogP contribution in [0.15, 0.2) is 0 Å². The van der Waals surface area contributed by atoms with Gasteiger partial charge in [-0.3, -0.25) is 4.79 Å². The molecule has 0 amide bonds. The molecular formula is C9H18ClNO4Pt. The Hall–Kier alpha value is 0.328. The van der Waals surface area contributed by atoms with Crippen LogP contribution in [0.3, 0.4) is 0 Å². The van der Waals surface area contributed by atoms with Crippen LogP contribution in [0.2, 0.25) is 0 Å². The Labute approximate surface area is 117 Å². The summed E-state index contributed by atoms with van der Waals surface area (Å²) in [4.78, 5) is 10.8. The van der Waals surface area contributed by atoms with Gasteiger partial charge < -0.3 is 21.0 Å². The second kappa shape index (κ2) is 15.3. The molecule has 0 spiro atoms. The van der Waals surface area contributed by atoms with Crippen LogP contribution in [0.4, 0.5) is 0 Å². The molecule has 0 saturated heterocycles. The molecule has 0 heterocycles. The second-order valence-corrected chi connectivity index (χ2v) is 3.29. The van der Waals surface area contributed by atoms with Crippen LogP contribution in [-0.2, 0) is 41.5 Å². The fraction of sp³-hybridized carbons (Fsp3) is 0.889. The van der Waals surface area contributed by atoms with Gasteiger partial charge >= 0.3 is 27.0 Å². The van der Waals surface area contributed by atoms with E-state index in [4.69, 9.17) is 0 Å². The molecule has 0 aromatic heterocycles. The molecule has 0 bridgehead atoms. The maximum Gasteiger partial charge on any atom is 4.00 e. The molecule has 0 aliphatic heterocycles. The molecule has 0 unspecified atom stereocenters. The summed E-state index contributed by atoms with van der Waals surface area (Å²) in [6.07, 6.45) is 6.34. The molecule has 100 valence electrons. The number of rotatable bonds is 3. The largest absolute Gasteiger partial charge is 4.00 e. The van der Waals surface area contributed by atoms with E-state index in [-0.39, 0.29) is 50.4 Å². The van der Waals surface area contributed by atoms with Gasteiger partial charge in [-0.1, -0.05) is 19.3 Å². The monoisotopic (exact) mass is 434 g/mol. The van der Waals surface area contributed by atoms with Crippen LogP contribution in [0.25, 0.3) is 0 Å². The molecule has 0 atom stereocenters. The molecule has 0 aromatic rings. The van der Waals surface area contributed by atoms with E-state index in [0.717, 1.165) is 0 Å². The fourth-order valence-electron chi connectivity index (χ4n) is 1.61. The van der Waals surface area contributed by atoms with E-state index in [1.54, 1.807) is 0 Å². The Kier molecular flexibility index (Phi) is 24.2. The van der Waals surface area contributed by atoms with Crippen molar-refractivity contribution in [1.82, 2.24) is 5.32 Å². The first kappa shape index (κ1) is 25.2. The molecule has 16 heavy (non-hydrogen) atoms. The molecular weight excluding hydrogens is 417 g/mol. The molecule has 1 fully saturated rings. The number of halogens is 1. The molecule has 1 saturated carbocycles. The smallest absolute Gasteiger partial charge is 2.00 e. The van der Waals surface area contributed by atoms with Crippen molar-refractivity contribution in [3.63, 3.8) is 0 Å². The van der Waals surface area contributed by atoms with Crippen molar-refractivity contribution in [1.29, 1.82) is 0 Å². The standard InChI is InChI=1S/C9H17NO2.ClH.2O.Pt/c1-12-9(11)7-10-8-5-3-2-4-6-8;;;;/h8,10H,2-7H2,1H3;1H;;;/q;;2*-2;+4. The number of carbonyl (C=O) groups is 1. The van der Waals surface area contributed by atoms with Crippen LogP contribution in [0.5, 0.6) is 0 Å². The Bertz CT molecular complexity index is 156. The van der Waals surface area contributed by atoms with Crippen LogP contribution in [0, 0.1) is 0 Å². The summed E-state index contributed by atoms with van der Waals surface area (Å²) in [5.74, 6) is -0.166. The van der Waals surface area contributed by atoms with Crippen molar-refractivity contribution in [3.05, 3.63) is 0 Å². The minimum atomic E-state index is -0.166. The van der Waals surface area contributed by atoms with E-state index in [2.05, 4.69) is 10.1 Å². The molecule has 1 rings (SSSR count). The third-order valence-electron chi connectivity index (χ3n) is 2.37. The molecule has 1 aliphatic carbocycles. The minimum absolute atomic E-state index is 0. The zero-order valence-corrected chi connectivity index (χ0v) is 12.3. The zero-order chi connectivity index (χ0) is 8.81. The van der Waals surface area contributed by atoms with E-state index >= 15 is 0 Å². The van der Waals surface area contributed by atoms with Crippen LogP contribution >= 0.6 is 12.4 Å². The fourth-order valence-corrected chi connectivity index (χ4v) is 1.61. The van der Waals surface area contributed by atoms with Crippen LogP contribution < -0.4 is 5.32 Å². The molecule has 0 radical (unpaired) electrons. The summed E-state index contributed by atoms with van der Waals surface area (Å²) in [7, 11) is 1.42. The Morgan fingerprint density at radius 1 is 1.25 bits per heavy atom. The summed E-state index contributed by atoms with van der Waals surface area (Å²) >= 11 is 0. The van der Waals surface area contributed by atoms with E-state index in [1.807, 2.05) is 0 Å². The van der Waals surface area contributed by atoms with Gasteiger partial charge in [0, 0.05) is 6.04 Å². The van der Waals surface area contributed by atoms with Gasteiger partial charge in [-0.15, -0.1) is 12.4 Å². The molecule has 0 aromatic carbocycles. The Balaban J connectivity index is -0.000000180. The molecule has 5 nitrogen and oxygen atoms in total. The topological polar surface area (TPSA) is 95.3 Å². The minimum Gasteiger partial charge on any atom is -2.00 e. The summed E-state index contributed by atoms with van der Waals surface area (Å²) < 4.78 is 4.54. The van der Waals surface area contributed by atoms with Crippen LogP contribution in [-0.4, -0.2) is 25.7 Å². The van der Waals surface area contributed by atoms with Gasteiger partial charge in [0.05, 0.1) is 13.7 Å². The van der Waals surface area contributed by atoms with Gasteiger partial charge in [0.25, 0.3) is 0 Å². The Morgan fingerprint density at radius 3 is 2.19 bits per heavy atom. The number of hydrogen-bond acceptors (Lipinski definition) is 3. The third kappa shape index (κ3) is 10.8. The van der Waals surface area contributed by atoms with Crippen molar-refractivity contribution in [2.75, 3.05) is 13.7 Å².